The van der Waals surface area contributed by atoms with Crippen molar-refractivity contribution in [2.45, 2.75) is 0 Å². The van der Waals surface area contributed by atoms with Crippen LogP contribution in [-0.4, -0.2) is 35.2 Å². The van der Waals surface area contributed by atoms with E-state index in [1.165, 1.54) is 32.4 Å². The first-order valence-corrected chi connectivity index (χ1v) is 7.19. The number of H-pyrrole nitrogens is 1. The number of methoxy groups -OCH3 is 2. The molecular weight excluding hydrogens is 328 g/mol. The van der Waals surface area contributed by atoms with Crippen LogP contribution < -0.4 is 14.8 Å². The van der Waals surface area contributed by atoms with Gasteiger partial charge in [0.15, 0.2) is 17.2 Å². The molecule has 1 amide bonds. The third-order valence-corrected chi connectivity index (χ3v) is 3.61. The average molecular weight is 342 g/mol. The van der Waals surface area contributed by atoms with E-state index in [2.05, 4.69) is 15.5 Å². The van der Waals surface area contributed by atoms with E-state index < -0.39 is 10.8 Å². The van der Waals surface area contributed by atoms with Gasteiger partial charge in [0.2, 0.25) is 0 Å². The molecular formula is C16H14N4O5. The normalized spacial score (nSPS) is 10.5. The summed E-state index contributed by atoms with van der Waals surface area (Å²) in [5.74, 6) is 0.489. The van der Waals surface area contributed by atoms with Gasteiger partial charge in [0, 0.05) is 29.3 Å². The number of hydrogen-bond donors (Lipinski definition) is 2. The molecule has 0 unspecified atom stereocenters. The standard InChI is InChI=1S/C16H14N4O5/c1-24-13-6-3-9(7-14(13)25-2)17-16(21)15-11-8-10(20(22)23)4-5-12(11)18-19-15/h3-8H,1-2H3,(H,17,21)(H,18,19). The van der Waals surface area contributed by atoms with E-state index in [0.717, 1.165) is 0 Å². The minimum absolute atomic E-state index is 0.0634. The first kappa shape index (κ1) is 16.2. The second-order valence-corrected chi connectivity index (χ2v) is 5.08. The van der Waals surface area contributed by atoms with Gasteiger partial charge in [-0.05, 0) is 18.2 Å². The van der Waals surface area contributed by atoms with Crippen molar-refractivity contribution < 1.29 is 19.2 Å². The van der Waals surface area contributed by atoms with Crippen molar-refractivity contribution >= 4 is 28.2 Å². The van der Waals surface area contributed by atoms with Gasteiger partial charge < -0.3 is 14.8 Å². The third kappa shape index (κ3) is 3.07. The lowest BCUT2D eigenvalue weighted by atomic mass is 10.2. The van der Waals surface area contributed by atoms with E-state index in [-0.39, 0.29) is 11.4 Å². The molecule has 9 heteroatoms. The lowest BCUT2D eigenvalue weighted by Crippen LogP contribution is -2.13. The number of carbonyl (C=O) groups excluding carboxylic acids is 1. The number of nitrogens with zero attached hydrogens (tertiary/aromatic N) is 2. The summed E-state index contributed by atoms with van der Waals surface area (Å²) in [7, 11) is 3.00. The molecule has 25 heavy (non-hydrogen) atoms. The molecule has 0 spiro atoms. The van der Waals surface area contributed by atoms with Crippen LogP contribution in [0.3, 0.4) is 0 Å². The van der Waals surface area contributed by atoms with Crippen LogP contribution in [0.5, 0.6) is 11.5 Å². The van der Waals surface area contributed by atoms with Crippen molar-refractivity contribution in [3.8, 4) is 11.5 Å². The molecule has 3 aromatic rings. The molecule has 1 heterocycles. The van der Waals surface area contributed by atoms with Gasteiger partial charge in [-0.1, -0.05) is 0 Å². The lowest BCUT2D eigenvalue weighted by molar-refractivity contribution is -0.384. The maximum absolute atomic E-state index is 12.5. The summed E-state index contributed by atoms with van der Waals surface area (Å²) >= 11 is 0. The Hall–Kier alpha value is -3.62. The molecule has 2 aromatic carbocycles. The number of fused-ring (bicyclic) bond motifs is 1. The summed E-state index contributed by atoms with van der Waals surface area (Å²) in [6.45, 7) is 0. The summed E-state index contributed by atoms with van der Waals surface area (Å²) in [5, 5.41) is 20.6. The number of carbonyl (C=O) groups is 1. The predicted molar refractivity (Wildman–Crippen MR) is 90.2 cm³/mol. The topological polar surface area (TPSA) is 119 Å². The summed E-state index contributed by atoms with van der Waals surface area (Å²) in [6.07, 6.45) is 0. The first-order chi connectivity index (χ1) is 12.0. The van der Waals surface area contributed by atoms with Crippen LogP contribution in [0.1, 0.15) is 10.5 Å². The second kappa shape index (κ2) is 6.48. The lowest BCUT2D eigenvalue weighted by Gasteiger charge is -2.10. The van der Waals surface area contributed by atoms with Crippen molar-refractivity contribution in [2.24, 2.45) is 0 Å². The Labute approximate surface area is 141 Å². The maximum atomic E-state index is 12.5. The van der Waals surface area contributed by atoms with Crippen molar-refractivity contribution in [1.29, 1.82) is 0 Å². The monoisotopic (exact) mass is 342 g/mol. The van der Waals surface area contributed by atoms with E-state index in [1.807, 2.05) is 0 Å². The van der Waals surface area contributed by atoms with Crippen LogP contribution in [0.15, 0.2) is 36.4 Å². The number of nitro benzene ring substituents is 1. The number of benzene rings is 2. The van der Waals surface area contributed by atoms with Gasteiger partial charge in [0.25, 0.3) is 11.6 Å². The zero-order chi connectivity index (χ0) is 18.0. The molecule has 128 valence electrons. The molecule has 0 aliphatic rings. The van der Waals surface area contributed by atoms with Gasteiger partial charge in [0.1, 0.15) is 0 Å². The van der Waals surface area contributed by atoms with E-state index in [0.29, 0.717) is 28.1 Å². The Morgan fingerprint density at radius 3 is 2.60 bits per heavy atom. The van der Waals surface area contributed by atoms with Crippen LogP contribution in [-0.2, 0) is 0 Å². The molecule has 0 fully saturated rings. The van der Waals surface area contributed by atoms with Crippen molar-refractivity contribution in [3.63, 3.8) is 0 Å². The Kier molecular flexibility index (Phi) is 4.21. The Morgan fingerprint density at radius 1 is 1.16 bits per heavy atom. The molecule has 0 aliphatic carbocycles. The number of nitrogens with one attached hydrogen (secondary N) is 2. The number of aromatic amines is 1. The third-order valence-electron chi connectivity index (χ3n) is 3.61. The number of aromatic nitrogens is 2. The highest BCUT2D eigenvalue weighted by Gasteiger charge is 2.18. The number of non-ortho nitro benzene ring substituents is 1. The molecule has 0 saturated carbocycles. The predicted octanol–water partition coefficient (Wildman–Crippen LogP) is 2.74. The Morgan fingerprint density at radius 2 is 1.92 bits per heavy atom. The van der Waals surface area contributed by atoms with E-state index in [9.17, 15) is 14.9 Å². The number of hydrogen-bond acceptors (Lipinski definition) is 6. The van der Waals surface area contributed by atoms with Gasteiger partial charge in [-0.3, -0.25) is 20.0 Å². The molecule has 0 radical (unpaired) electrons. The maximum Gasteiger partial charge on any atom is 0.276 e. The van der Waals surface area contributed by atoms with Gasteiger partial charge >= 0.3 is 0 Å². The number of rotatable bonds is 5. The van der Waals surface area contributed by atoms with Crippen LogP contribution in [0.2, 0.25) is 0 Å². The van der Waals surface area contributed by atoms with Gasteiger partial charge in [-0.2, -0.15) is 5.10 Å². The fourth-order valence-electron chi connectivity index (χ4n) is 2.39. The van der Waals surface area contributed by atoms with Gasteiger partial charge in [-0.25, -0.2) is 0 Å². The number of anilines is 1. The van der Waals surface area contributed by atoms with Gasteiger partial charge in [0.05, 0.1) is 24.7 Å². The fraction of sp³-hybridized carbons (Fsp3) is 0.125. The highest BCUT2D eigenvalue weighted by atomic mass is 16.6. The number of nitro groups is 1. The van der Waals surface area contributed by atoms with Crippen LogP contribution in [0.4, 0.5) is 11.4 Å². The summed E-state index contributed by atoms with van der Waals surface area (Å²) in [5.41, 5.74) is 0.954. The molecule has 0 saturated heterocycles. The Bertz CT molecular complexity index is 966. The summed E-state index contributed by atoms with van der Waals surface area (Å²) in [4.78, 5) is 22.9. The van der Waals surface area contributed by atoms with E-state index in [1.54, 1.807) is 18.2 Å². The largest absolute Gasteiger partial charge is 0.493 e. The van der Waals surface area contributed by atoms with Crippen molar-refractivity contribution in [2.75, 3.05) is 19.5 Å². The average Bonchev–Trinajstić information content (AvgIpc) is 3.04. The van der Waals surface area contributed by atoms with Crippen molar-refractivity contribution in [3.05, 3.63) is 52.2 Å². The summed E-state index contributed by atoms with van der Waals surface area (Å²) < 4.78 is 10.3. The summed E-state index contributed by atoms with van der Waals surface area (Å²) in [6, 6.07) is 9.07. The Balaban J connectivity index is 1.92. The number of ether oxygens (including phenoxy) is 2. The molecule has 9 nitrogen and oxygen atoms in total. The minimum atomic E-state index is -0.525. The SMILES string of the molecule is COc1ccc(NC(=O)c2n[nH]c3ccc([N+](=O)[O-])cc23)cc1OC. The highest BCUT2D eigenvalue weighted by Crippen LogP contribution is 2.30. The molecule has 2 N–H and O–H groups in total. The smallest absolute Gasteiger partial charge is 0.276 e. The molecule has 1 aromatic heterocycles. The van der Waals surface area contributed by atoms with Crippen molar-refractivity contribution in [1.82, 2.24) is 10.2 Å². The highest BCUT2D eigenvalue weighted by molar-refractivity contribution is 6.11. The molecule has 0 aliphatic heterocycles. The van der Waals surface area contributed by atoms with E-state index in [4.69, 9.17) is 9.47 Å². The zero-order valence-corrected chi connectivity index (χ0v) is 13.4. The fourth-order valence-corrected chi connectivity index (χ4v) is 2.39. The minimum Gasteiger partial charge on any atom is -0.493 e. The van der Waals surface area contributed by atoms with Crippen LogP contribution in [0, 0.1) is 10.1 Å². The first-order valence-electron chi connectivity index (χ1n) is 7.19. The molecule has 0 bridgehead atoms. The van der Waals surface area contributed by atoms with E-state index >= 15 is 0 Å². The molecule has 3 rings (SSSR count). The zero-order valence-electron chi connectivity index (χ0n) is 13.4. The number of amides is 1. The van der Waals surface area contributed by atoms with Gasteiger partial charge in [-0.15, -0.1) is 0 Å². The van der Waals surface area contributed by atoms with Crippen LogP contribution >= 0.6 is 0 Å². The second-order valence-electron chi connectivity index (χ2n) is 5.08. The quantitative estimate of drug-likeness (QED) is 0.543. The van der Waals surface area contributed by atoms with Crippen LogP contribution in [0.25, 0.3) is 10.9 Å². The molecule has 0 atom stereocenters.